The molecular weight excluding hydrogens is 408 g/mol. The number of aliphatic carboxylic acids is 1. The number of amides is 2. The number of carbonyl (C=O) groups is 3. The lowest BCUT2D eigenvalue weighted by molar-refractivity contribution is -0.137. The Morgan fingerprint density at radius 3 is 2.12 bits per heavy atom. The Morgan fingerprint density at radius 2 is 1.56 bits per heavy atom. The molecule has 0 aromatic heterocycles. The summed E-state index contributed by atoms with van der Waals surface area (Å²) in [5.74, 6) is -1.10. The van der Waals surface area contributed by atoms with Gasteiger partial charge >= 0.3 is 12.1 Å². The van der Waals surface area contributed by atoms with E-state index in [1.165, 1.54) is 0 Å². The van der Waals surface area contributed by atoms with Crippen molar-refractivity contribution in [2.24, 2.45) is 5.92 Å². The van der Waals surface area contributed by atoms with Crippen molar-refractivity contribution in [1.82, 2.24) is 10.6 Å². The van der Waals surface area contributed by atoms with Crippen molar-refractivity contribution in [3.63, 3.8) is 0 Å². The van der Waals surface area contributed by atoms with Crippen molar-refractivity contribution in [2.45, 2.75) is 45.1 Å². The van der Waals surface area contributed by atoms with Gasteiger partial charge in [-0.2, -0.15) is 0 Å². The Morgan fingerprint density at radius 1 is 0.969 bits per heavy atom. The van der Waals surface area contributed by atoms with Crippen LogP contribution in [0.3, 0.4) is 0 Å². The van der Waals surface area contributed by atoms with Gasteiger partial charge in [0.2, 0.25) is 5.91 Å². The van der Waals surface area contributed by atoms with Gasteiger partial charge in [-0.1, -0.05) is 62.4 Å². The molecule has 3 rings (SSSR count). The Kier molecular flexibility index (Phi) is 7.87. The summed E-state index contributed by atoms with van der Waals surface area (Å²) < 4.78 is 5.55. The minimum absolute atomic E-state index is 0.0126. The quantitative estimate of drug-likeness (QED) is 0.521. The van der Waals surface area contributed by atoms with E-state index in [1.807, 2.05) is 50.2 Å². The minimum Gasteiger partial charge on any atom is -0.481 e. The normalized spacial score (nSPS) is 13.2. The Labute approximate surface area is 188 Å². The monoisotopic (exact) mass is 438 g/mol. The number of nitrogens with one attached hydrogen (secondary N) is 2. The molecule has 1 atom stereocenters. The van der Waals surface area contributed by atoms with Crippen molar-refractivity contribution in [2.75, 3.05) is 13.2 Å². The number of hydrogen-bond donors (Lipinski definition) is 3. The summed E-state index contributed by atoms with van der Waals surface area (Å²) in [6.45, 7) is 4.25. The fraction of sp³-hybridized carbons (Fsp3) is 0.400. The first kappa shape index (κ1) is 23.3. The number of carboxylic acids is 1. The maximum atomic E-state index is 12.6. The fourth-order valence-corrected chi connectivity index (χ4v) is 3.97. The second-order valence-corrected chi connectivity index (χ2v) is 8.43. The van der Waals surface area contributed by atoms with Crippen LogP contribution in [-0.2, 0) is 14.3 Å². The van der Waals surface area contributed by atoms with Crippen LogP contribution in [0.1, 0.15) is 50.2 Å². The molecule has 0 fully saturated rings. The van der Waals surface area contributed by atoms with Crippen molar-refractivity contribution in [3.05, 3.63) is 59.7 Å². The first-order valence-corrected chi connectivity index (χ1v) is 11.0. The lowest BCUT2D eigenvalue weighted by atomic mass is 9.98. The summed E-state index contributed by atoms with van der Waals surface area (Å²) in [6, 6.07) is 15.4. The molecule has 0 saturated heterocycles. The van der Waals surface area contributed by atoms with E-state index < -0.39 is 24.0 Å². The Hall–Kier alpha value is -3.35. The number of rotatable bonds is 10. The predicted octanol–water partition coefficient (Wildman–Crippen LogP) is 3.92. The topological polar surface area (TPSA) is 105 Å². The highest BCUT2D eigenvalue weighted by Gasteiger charge is 2.29. The summed E-state index contributed by atoms with van der Waals surface area (Å²) in [5.41, 5.74) is 4.52. The van der Waals surface area contributed by atoms with Gasteiger partial charge in [0.05, 0.1) is 6.42 Å². The van der Waals surface area contributed by atoms with Gasteiger partial charge in [-0.05, 0) is 41.0 Å². The number of carboxylic acid groups (broad SMARTS) is 1. The molecule has 1 aliphatic carbocycles. The van der Waals surface area contributed by atoms with E-state index in [-0.39, 0.29) is 25.5 Å². The van der Waals surface area contributed by atoms with Gasteiger partial charge in [-0.25, -0.2) is 4.79 Å². The third-order valence-corrected chi connectivity index (χ3v) is 5.62. The first-order valence-electron chi connectivity index (χ1n) is 11.0. The van der Waals surface area contributed by atoms with Gasteiger partial charge in [0.1, 0.15) is 12.6 Å². The maximum absolute atomic E-state index is 12.6. The van der Waals surface area contributed by atoms with E-state index in [9.17, 15) is 14.4 Å². The number of ether oxygens (including phenoxy) is 1. The van der Waals surface area contributed by atoms with Gasteiger partial charge in [0.25, 0.3) is 0 Å². The van der Waals surface area contributed by atoms with Crippen LogP contribution in [0.2, 0.25) is 0 Å². The van der Waals surface area contributed by atoms with Crippen molar-refractivity contribution in [3.8, 4) is 11.1 Å². The summed E-state index contributed by atoms with van der Waals surface area (Å²) in [7, 11) is 0. The Balaban J connectivity index is 1.62. The molecule has 2 amide bonds. The summed E-state index contributed by atoms with van der Waals surface area (Å²) in [6.07, 6.45) is 0.351. The van der Waals surface area contributed by atoms with E-state index in [0.717, 1.165) is 28.7 Å². The number of fused-ring (bicyclic) bond motifs is 3. The molecule has 3 N–H and O–H groups in total. The SMILES string of the molecule is CC(C)CCC(NC(=O)OCC1c2ccccc2-c2ccccc21)C(=O)NCCC(=O)O. The van der Waals surface area contributed by atoms with Crippen LogP contribution in [0.4, 0.5) is 4.79 Å². The highest BCUT2D eigenvalue weighted by atomic mass is 16.5. The molecule has 2 aromatic rings. The zero-order valence-electron chi connectivity index (χ0n) is 18.5. The zero-order valence-corrected chi connectivity index (χ0v) is 18.5. The second-order valence-electron chi connectivity index (χ2n) is 8.43. The van der Waals surface area contributed by atoms with E-state index in [0.29, 0.717) is 12.3 Å². The largest absolute Gasteiger partial charge is 0.481 e. The molecule has 2 aromatic carbocycles. The minimum atomic E-state index is -0.992. The average Bonchev–Trinajstić information content (AvgIpc) is 3.08. The van der Waals surface area contributed by atoms with Gasteiger partial charge < -0.3 is 20.5 Å². The van der Waals surface area contributed by atoms with Gasteiger partial charge in [-0.3, -0.25) is 9.59 Å². The molecule has 1 aliphatic rings. The molecule has 0 heterocycles. The van der Waals surface area contributed by atoms with Crippen molar-refractivity contribution >= 4 is 18.0 Å². The standard InChI is InChI=1S/C25H30N2O5/c1-16(2)11-12-22(24(30)26-14-13-23(28)29)27-25(31)32-15-21-19-9-5-3-7-17(19)18-8-4-6-10-20(18)21/h3-10,16,21-22H,11-15H2,1-2H3,(H,26,30)(H,27,31)(H,28,29). The van der Waals surface area contributed by atoms with Gasteiger partial charge in [-0.15, -0.1) is 0 Å². The third kappa shape index (κ3) is 5.87. The zero-order chi connectivity index (χ0) is 23.1. The highest BCUT2D eigenvalue weighted by Crippen LogP contribution is 2.44. The van der Waals surface area contributed by atoms with Gasteiger partial charge in [0, 0.05) is 12.5 Å². The molecule has 0 bridgehead atoms. The van der Waals surface area contributed by atoms with E-state index in [1.54, 1.807) is 0 Å². The van der Waals surface area contributed by atoms with Crippen LogP contribution in [-0.4, -0.2) is 42.3 Å². The van der Waals surface area contributed by atoms with Crippen LogP contribution in [0, 0.1) is 5.92 Å². The maximum Gasteiger partial charge on any atom is 0.407 e. The molecular formula is C25H30N2O5. The van der Waals surface area contributed by atoms with E-state index in [4.69, 9.17) is 9.84 Å². The fourth-order valence-electron chi connectivity index (χ4n) is 3.97. The third-order valence-electron chi connectivity index (χ3n) is 5.62. The lowest BCUT2D eigenvalue weighted by Gasteiger charge is -2.20. The van der Waals surface area contributed by atoms with E-state index in [2.05, 4.69) is 22.8 Å². The summed E-state index contributed by atoms with van der Waals surface area (Å²) >= 11 is 0. The highest BCUT2D eigenvalue weighted by molar-refractivity contribution is 5.86. The van der Waals surface area contributed by atoms with Crippen molar-refractivity contribution < 1.29 is 24.2 Å². The average molecular weight is 439 g/mol. The first-order chi connectivity index (χ1) is 15.4. The van der Waals surface area contributed by atoms with Crippen LogP contribution in [0.15, 0.2) is 48.5 Å². The second kappa shape index (κ2) is 10.8. The molecule has 0 spiro atoms. The molecule has 0 aliphatic heterocycles. The number of benzene rings is 2. The van der Waals surface area contributed by atoms with Crippen LogP contribution in [0.5, 0.6) is 0 Å². The lowest BCUT2D eigenvalue weighted by Crippen LogP contribution is -2.47. The number of carbonyl (C=O) groups excluding carboxylic acids is 2. The molecule has 32 heavy (non-hydrogen) atoms. The Bertz CT molecular complexity index is 927. The number of alkyl carbamates (subject to hydrolysis) is 1. The van der Waals surface area contributed by atoms with Crippen molar-refractivity contribution in [1.29, 1.82) is 0 Å². The number of hydrogen-bond acceptors (Lipinski definition) is 4. The van der Waals surface area contributed by atoms with Crippen LogP contribution in [0.25, 0.3) is 11.1 Å². The summed E-state index contributed by atoms with van der Waals surface area (Å²) in [4.78, 5) is 35.7. The molecule has 7 heteroatoms. The van der Waals surface area contributed by atoms with Gasteiger partial charge in [0.15, 0.2) is 0 Å². The predicted molar refractivity (Wildman–Crippen MR) is 121 cm³/mol. The molecule has 0 radical (unpaired) electrons. The molecule has 0 saturated carbocycles. The smallest absolute Gasteiger partial charge is 0.407 e. The van der Waals surface area contributed by atoms with Crippen LogP contribution < -0.4 is 10.6 Å². The van der Waals surface area contributed by atoms with E-state index >= 15 is 0 Å². The molecule has 7 nitrogen and oxygen atoms in total. The molecule has 1 unspecified atom stereocenters. The van der Waals surface area contributed by atoms with Crippen LogP contribution >= 0.6 is 0 Å². The summed E-state index contributed by atoms with van der Waals surface area (Å²) in [5, 5.41) is 14.0. The molecule has 170 valence electrons.